The molecule has 0 spiro atoms. The molecule has 0 bridgehead atoms. The smallest absolute Gasteiger partial charge is 0.268 e. The average Bonchev–Trinajstić information content (AvgIpc) is 3.31. The number of carbonyl (C=O) groups is 2. The van der Waals surface area contributed by atoms with Crippen LogP contribution in [-0.4, -0.2) is 58.9 Å². The fourth-order valence-electron chi connectivity index (χ4n) is 3.63. The molecule has 152 valence electrons. The largest absolute Gasteiger partial charge is 0.342 e. The lowest BCUT2D eigenvalue weighted by Crippen LogP contribution is -2.50. The second kappa shape index (κ2) is 8.57. The van der Waals surface area contributed by atoms with E-state index in [2.05, 4.69) is 10.2 Å². The average molecular weight is 431 g/mol. The summed E-state index contributed by atoms with van der Waals surface area (Å²) in [6.07, 6.45) is 0. The summed E-state index contributed by atoms with van der Waals surface area (Å²) in [6.45, 7) is 3.84. The fraction of sp³-hybridized carbons (Fsp3) is 0.333. The van der Waals surface area contributed by atoms with E-state index in [-0.39, 0.29) is 18.4 Å². The van der Waals surface area contributed by atoms with Crippen LogP contribution in [0.1, 0.15) is 16.1 Å². The third kappa shape index (κ3) is 4.47. The first-order valence-corrected chi connectivity index (χ1v) is 10.8. The lowest BCUT2D eigenvalue weighted by atomic mass is 10.2. The van der Waals surface area contributed by atoms with E-state index in [9.17, 15) is 9.59 Å². The van der Waals surface area contributed by atoms with Crippen LogP contribution >= 0.6 is 22.9 Å². The molecule has 0 atom stereocenters. The van der Waals surface area contributed by atoms with Crippen LogP contribution < -0.4 is 5.32 Å². The molecule has 4 rings (SSSR count). The Hall–Kier alpha value is -2.35. The zero-order valence-electron chi connectivity index (χ0n) is 16.2. The van der Waals surface area contributed by atoms with Gasteiger partial charge in [0.25, 0.3) is 5.91 Å². The van der Waals surface area contributed by atoms with E-state index in [1.54, 1.807) is 11.3 Å². The van der Waals surface area contributed by atoms with Crippen molar-refractivity contribution in [3.63, 3.8) is 0 Å². The topological polar surface area (TPSA) is 57.6 Å². The molecule has 6 nitrogen and oxygen atoms in total. The van der Waals surface area contributed by atoms with Crippen LogP contribution in [0.25, 0.3) is 10.2 Å². The Morgan fingerprint density at radius 1 is 1.10 bits per heavy atom. The van der Waals surface area contributed by atoms with Crippen molar-refractivity contribution in [3.05, 3.63) is 58.1 Å². The van der Waals surface area contributed by atoms with E-state index in [4.69, 9.17) is 11.6 Å². The molecule has 1 aliphatic rings. The van der Waals surface area contributed by atoms with Gasteiger partial charge in [0.15, 0.2) is 0 Å². The minimum absolute atomic E-state index is 0.0227. The van der Waals surface area contributed by atoms with E-state index >= 15 is 0 Å². The summed E-state index contributed by atoms with van der Waals surface area (Å²) in [5.74, 6) is -0.258. The van der Waals surface area contributed by atoms with E-state index in [1.807, 2.05) is 58.3 Å². The van der Waals surface area contributed by atoms with E-state index in [1.165, 1.54) is 5.56 Å². The fourth-order valence-corrected chi connectivity index (χ4v) is 4.60. The first-order chi connectivity index (χ1) is 14.0. The second-order valence-corrected chi connectivity index (χ2v) is 8.61. The highest BCUT2D eigenvalue weighted by Crippen LogP contribution is 2.24. The number of hydrogen-bond acceptors (Lipinski definition) is 4. The standard InChI is InChI=1S/C21H23ClN4O2S/c1-24-17-6-11-29-19(17)12-18(24)21(28)23-13-20(27)26-9-7-25(8-10-26)14-15-2-4-16(22)5-3-15/h2-6,11-12H,7-10,13-14H2,1H3,(H,23,28). The van der Waals surface area contributed by atoms with Gasteiger partial charge in [-0.15, -0.1) is 11.3 Å². The first kappa shape index (κ1) is 19.9. The molecule has 3 aromatic rings. The summed E-state index contributed by atoms with van der Waals surface area (Å²) < 4.78 is 2.93. The Bertz CT molecular complexity index is 1020. The van der Waals surface area contributed by atoms with E-state index in [0.717, 1.165) is 34.9 Å². The lowest BCUT2D eigenvalue weighted by Gasteiger charge is -2.34. The van der Waals surface area contributed by atoms with Crippen molar-refractivity contribution in [2.24, 2.45) is 7.05 Å². The molecule has 1 saturated heterocycles. The van der Waals surface area contributed by atoms with Crippen LogP contribution in [0.5, 0.6) is 0 Å². The summed E-state index contributed by atoms with van der Waals surface area (Å²) in [7, 11) is 1.87. The van der Waals surface area contributed by atoms with Crippen molar-refractivity contribution in [2.45, 2.75) is 6.54 Å². The zero-order chi connectivity index (χ0) is 20.4. The number of fused-ring (bicyclic) bond motifs is 1. The maximum Gasteiger partial charge on any atom is 0.268 e. The van der Waals surface area contributed by atoms with Crippen LogP contribution in [0.2, 0.25) is 5.02 Å². The van der Waals surface area contributed by atoms with Gasteiger partial charge in [0.2, 0.25) is 5.91 Å². The van der Waals surface area contributed by atoms with Crippen molar-refractivity contribution in [1.29, 1.82) is 0 Å². The molecular weight excluding hydrogens is 408 g/mol. The molecule has 8 heteroatoms. The quantitative estimate of drug-likeness (QED) is 0.677. The Morgan fingerprint density at radius 3 is 2.52 bits per heavy atom. The van der Waals surface area contributed by atoms with Crippen LogP contribution in [0.3, 0.4) is 0 Å². The third-order valence-corrected chi connectivity index (χ3v) is 6.45. The Kier molecular flexibility index (Phi) is 5.89. The van der Waals surface area contributed by atoms with Crippen molar-refractivity contribution in [1.82, 2.24) is 19.7 Å². The summed E-state index contributed by atoms with van der Waals surface area (Å²) >= 11 is 7.54. The van der Waals surface area contributed by atoms with Gasteiger partial charge in [-0.2, -0.15) is 0 Å². The van der Waals surface area contributed by atoms with E-state index in [0.29, 0.717) is 18.8 Å². The van der Waals surface area contributed by atoms with Crippen molar-refractivity contribution in [3.8, 4) is 0 Å². The van der Waals surface area contributed by atoms with Gasteiger partial charge >= 0.3 is 0 Å². The van der Waals surface area contributed by atoms with Crippen molar-refractivity contribution < 1.29 is 9.59 Å². The van der Waals surface area contributed by atoms with Crippen LogP contribution in [0, 0.1) is 0 Å². The van der Waals surface area contributed by atoms with Gasteiger partial charge in [-0.25, -0.2) is 0 Å². The number of thiophene rings is 1. The molecule has 1 aromatic carbocycles. The summed E-state index contributed by atoms with van der Waals surface area (Å²) in [5, 5.41) is 5.51. The monoisotopic (exact) mass is 430 g/mol. The van der Waals surface area contributed by atoms with Gasteiger partial charge in [-0.1, -0.05) is 23.7 Å². The Labute approximate surface area is 178 Å². The normalized spacial score (nSPS) is 15.0. The van der Waals surface area contributed by atoms with Gasteiger partial charge in [-0.3, -0.25) is 14.5 Å². The molecule has 2 amide bonds. The number of carbonyl (C=O) groups excluding carboxylic acids is 2. The van der Waals surface area contributed by atoms with Gasteiger partial charge in [0.1, 0.15) is 5.69 Å². The first-order valence-electron chi connectivity index (χ1n) is 9.57. The number of aryl methyl sites for hydroxylation is 1. The molecule has 29 heavy (non-hydrogen) atoms. The molecule has 1 aliphatic heterocycles. The number of aromatic nitrogens is 1. The van der Waals surface area contributed by atoms with Crippen molar-refractivity contribution in [2.75, 3.05) is 32.7 Å². The maximum atomic E-state index is 12.5. The Balaban J connectivity index is 1.25. The summed E-state index contributed by atoms with van der Waals surface area (Å²) in [4.78, 5) is 29.1. The highest BCUT2D eigenvalue weighted by atomic mass is 35.5. The molecule has 0 unspecified atom stereocenters. The SMILES string of the molecule is Cn1c(C(=O)NCC(=O)N2CCN(Cc3ccc(Cl)cc3)CC2)cc2sccc21. The molecule has 2 aromatic heterocycles. The van der Waals surface area contributed by atoms with Crippen molar-refractivity contribution >= 4 is 45.0 Å². The molecule has 3 heterocycles. The highest BCUT2D eigenvalue weighted by molar-refractivity contribution is 7.17. The molecule has 0 aliphatic carbocycles. The predicted molar refractivity (Wildman–Crippen MR) is 116 cm³/mol. The minimum atomic E-state index is -0.217. The number of piperazine rings is 1. The summed E-state index contributed by atoms with van der Waals surface area (Å²) in [6, 6.07) is 11.7. The lowest BCUT2D eigenvalue weighted by molar-refractivity contribution is -0.131. The van der Waals surface area contributed by atoms with Gasteiger partial charge in [0, 0.05) is 44.8 Å². The second-order valence-electron chi connectivity index (χ2n) is 7.22. The van der Waals surface area contributed by atoms with Gasteiger partial charge < -0.3 is 14.8 Å². The van der Waals surface area contributed by atoms with Crippen LogP contribution in [0.15, 0.2) is 41.8 Å². The van der Waals surface area contributed by atoms with Crippen LogP contribution in [-0.2, 0) is 18.4 Å². The number of nitrogens with zero attached hydrogens (tertiary/aromatic N) is 3. The van der Waals surface area contributed by atoms with E-state index < -0.39 is 0 Å². The van der Waals surface area contributed by atoms with Gasteiger partial charge in [-0.05, 0) is 35.2 Å². The molecule has 0 radical (unpaired) electrons. The number of amides is 2. The number of halogens is 1. The summed E-state index contributed by atoms with van der Waals surface area (Å²) in [5.41, 5.74) is 2.82. The minimum Gasteiger partial charge on any atom is -0.342 e. The number of nitrogens with one attached hydrogen (secondary N) is 1. The third-order valence-electron chi connectivity index (χ3n) is 5.34. The number of rotatable bonds is 5. The molecular formula is C21H23ClN4O2S. The molecule has 1 fully saturated rings. The van der Waals surface area contributed by atoms with Crippen LogP contribution in [0.4, 0.5) is 0 Å². The molecule has 0 saturated carbocycles. The number of benzene rings is 1. The highest BCUT2D eigenvalue weighted by Gasteiger charge is 2.22. The van der Waals surface area contributed by atoms with Gasteiger partial charge in [0.05, 0.1) is 16.8 Å². The predicted octanol–water partition coefficient (Wildman–Crippen LogP) is 2.97. The maximum absolute atomic E-state index is 12.5. The number of hydrogen-bond donors (Lipinski definition) is 1. The molecule has 1 N–H and O–H groups in total. The Morgan fingerprint density at radius 2 is 1.83 bits per heavy atom. The zero-order valence-corrected chi connectivity index (χ0v) is 17.8.